The molecule has 2 heterocycles. The van der Waals surface area contributed by atoms with E-state index in [1.165, 1.54) is 95.7 Å². The number of carbonyl (C=O) groups excluding carboxylic acids is 2. The summed E-state index contributed by atoms with van der Waals surface area (Å²) >= 11 is 0. The van der Waals surface area contributed by atoms with Crippen molar-refractivity contribution in [1.29, 1.82) is 0 Å². The van der Waals surface area contributed by atoms with Crippen LogP contribution in [0.25, 0.3) is 0 Å². The van der Waals surface area contributed by atoms with Gasteiger partial charge in [0.2, 0.25) is 0 Å². The molecule has 1 saturated heterocycles. The number of rotatable bonds is 39. The molecule has 3 unspecified atom stereocenters. The number of esters is 2. The number of hydrogen-bond donors (Lipinski definition) is 5. The summed E-state index contributed by atoms with van der Waals surface area (Å²) in [6.45, 7) is 6.74. The lowest BCUT2D eigenvalue weighted by atomic mass is 10.0. The first-order valence-corrected chi connectivity index (χ1v) is 27.3. The molecule has 2 rings (SSSR count). The van der Waals surface area contributed by atoms with Crippen LogP contribution >= 0.6 is 15.6 Å². The molecule has 0 bridgehead atoms. The van der Waals surface area contributed by atoms with Gasteiger partial charge in [0.1, 0.15) is 30.7 Å². The van der Waals surface area contributed by atoms with Gasteiger partial charge in [-0.05, 0) is 30.7 Å². The summed E-state index contributed by atoms with van der Waals surface area (Å²) in [7, 11) is -10.8. The minimum absolute atomic E-state index is 0.0552. The minimum Gasteiger partial charge on any atom is -0.462 e. The number of phosphoric ester groups is 2. The number of aromatic nitrogens is 2. The van der Waals surface area contributed by atoms with Crippen LogP contribution in [0, 0.1) is 11.8 Å². The summed E-state index contributed by atoms with van der Waals surface area (Å²) < 4.78 is 56.7. The maximum Gasteiger partial charge on any atom is 0.481 e. The van der Waals surface area contributed by atoms with Gasteiger partial charge in [-0.2, -0.15) is 9.29 Å². The van der Waals surface area contributed by atoms with E-state index >= 15 is 0 Å². The number of nitrogen functional groups attached to an aromatic ring is 1. The summed E-state index contributed by atoms with van der Waals surface area (Å²) in [6, 6.07) is 1.25. The Labute approximate surface area is 387 Å². The predicted octanol–water partition coefficient (Wildman–Crippen LogP) is 9.21. The number of phosphoric acid groups is 2. The van der Waals surface area contributed by atoms with Crippen LogP contribution in [0.5, 0.6) is 0 Å². The second kappa shape index (κ2) is 33.3. The van der Waals surface area contributed by atoms with E-state index in [4.69, 9.17) is 29.0 Å². The zero-order valence-electron chi connectivity index (χ0n) is 39.6. The summed E-state index contributed by atoms with van der Waals surface area (Å²) in [4.78, 5) is 61.8. The zero-order chi connectivity index (χ0) is 48.1. The van der Waals surface area contributed by atoms with Crippen molar-refractivity contribution in [3.05, 3.63) is 22.7 Å². The van der Waals surface area contributed by atoms with Gasteiger partial charge in [0.15, 0.2) is 12.3 Å². The maximum atomic E-state index is 12.8. The van der Waals surface area contributed by atoms with Gasteiger partial charge >= 0.3 is 33.3 Å². The van der Waals surface area contributed by atoms with Gasteiger partial charge in [-0.1, -0.05) is 163 Å². The Bertz CT molecular complexity index is 1620. The lowest BCUT2D eigenvalue weighted by Gasteiger charge is -2.21. The van der Waals surface area contributed by atoms with Gasteiger partial charge in [-0.25, -0.2) is 13.9 Å². The number of aliphatic hydroxyl groups excluding tert-OH is 2. The molecule has 0 aromatic carbocycles. The standard InChI is InChI=1S/C45H83N3O15P2/c1-35(2)26-22-18-14-10-6-5-7-12-16-20-24-28-40(49)58-32-37(61-41(50)29-25-21-17-13-9-8-11-15-19-23-27-36(3)4)33-59-64(54,55)63-65(56,57)60-34-38-42(51)43(52)44(62-38)48-31-30-39(46)47-45(48)53/h30-31,35-38,42-44,51-52H,5-29,32-34H2,1-4H3,(H,54,55)(H,56,57)(H2,46,47,53)/t37-,38-,42+,43?,44-/m1/s1. The highest BCUT2D eigenvalue weighted by Gasteiger charge is 2.46. The van der Waals surface area contributed by atoms with Gasteiger partial charge < -0.3 is 39.9 Å². The van der Waals surface area contributed by atoms with Crippen LogP contribution in [0.15, 0.2) is 17.1 Å². The molecule has 1 aliphatic heterocycles. The van der Waals surface area contributed by atoms with Gasteiger partial charge in [-0.15, -0.1) is 0 Å². The fourth-order valence-electron chi connectivity index (χ4n) is 7.51. The van der Waals surface area contributed by atoms with E-state index in [0.29, 0.717) is 12.8 Å². The number of ether oxygens (including phenoxy) is 3. The number of aliphatic hydroxyl groups is 2. The van der Waals surface area contributed by atoms with E-state index in [9.17, 15) is 43.5 Å². The first-order valence-electron chi connectivity index (χ1n) is 24.3. The largest absolute Gasteiger partial charge is 0.481 e. The van der Waals surface area contributed by atoms with Crippen molar-refractivity contribution >= 4 is 33.4 Å². The maximum absolute atomic E-state index is 12.8. The van der Waals surface area contributed by atoms with Crippen LogP contribution in [0.4, 0.5) is 5.82 Å². The first kappa shape index (κ1) is 58.9. The van der Waals surface area contributed by atoms with Crippen LogP contribution in [-0.2, 0) is 46.3 Å². The highest BCUT2D eigenvalue weighted by molar-refractivity contribution is 7.61. The molecule has 1 aromatic heterocycles. The highest BCUT2D eigenvalue weighted by Crippen LogP contribution is 2.60. The highest BCUT2D eigenvalue weighted by atomic mass is 31.3. The van der Waals surface area contributed by atoms with E-state index < -0.39 is 83.7 Å². The number of anilines is 1. The number of nitrogens with zero attached hydrogens (tertiary/aromatic N) is 2. The van der Waals surface area contributed by atoms with E-state index in [2.05, 4.69) is 37.0 Å². The molecule has 20 heteroatoms. The molecule has 6 N–H and O–H groups in total. The third-order valence-corrected chi connectivity index (χ3v) is 13.9. The quantitative estimate of drug-likeness (QED) is 0.0234. The van der Waals surface area contributed by atoms with Gasteiger partial charge in [0.05, 0.1) is 13.2 Å². The molecule has 378 valence electrons. The molecule has 18 nitrogen and oxygen atoms in total. The summed E-state index contributed by atoms with van der Waals surface area (Å²) in [6.07, 6.45) is 19.3. The molecule has 65 heavy (non-hydrogen) atoms. The monoisotopic (exact) mass is 968 g/mol. The third-order valence-electron chi connectivity index (χ3n) is 11.3. The topological polar surface area (TPSA) is 265 Å². The van der Waals surface area contributed by atoms with Crippen molar-refractivity contribution in [2.24, 2.45) is 11.8 Å². The smallest absolute Gasteiger partial charge is 0.462 e. The molecule has 0 saturated carbocycles. The molecule has 1 fully saturated rings. The Morgan fingerprint density at radius 3 is 1.62 bits per heavy atom. The van der Waals surface area contributed by atoms with Crippen molar-refractivity contribution in [3.63, 3.8) is 0 Å². The zero-order valence-corrected chi connectivity index (χ0v) is 41.4. The van der Waals surface area contributed by atoms with Crippen LogP contribution in [0.1, 0.15) is 194 Å². The predicted molar refractivity (Wildman–Crippen MR) is 247 cm³/mol. The lowest BCUT2D eigenvalue weighted by Crippen LogP contribution is -2.36. The van der Waals surface area contributed by atoms with E-state index in [1.807, 2.05) is 0 Å². The fourth-order valence-corrected chi connectivity index (χ4v) is 9.62. The normalized spacial score (nSPS) is 19.9. The second-order valence-electron chi connectivity index (χ2n) is 18.3. The van der Waals surface area contributed by atoms with Gasteiger partial charge in [-0.3, -0.25) is 23.2 Å². The van der Waals surface area contributed by atoms with E-state index in [0.717, 1.165) is 67.8 Å². The summed E-state index contributed by atoms with van der Waals surface area (Å²) in [5.41, 5.74) is 4.59. The van der Waals surface area contributed by atoms with Gasteiger partial charge in [0, 0.05) is 19.0 Å². The minimum atomic E-state index is -5.41. The van der Waals surface area contributed by atoms with Crippen LogP contribution < -0.4 is 11.4 Å². The molecule has 1 aliphatic rings. The van der Waals surface area contributed by atoms with Crippen LogP contribution in [0.2, 0.25) is 0 Å². The number of unbranched alkanes of at least 4 members (excludes halogenated alkanes) is 19. The van der Waals surface area contributed by atoms with Crippen molar-refractivity contribution in [2.75, 3.05) is 25.6 Å². The number of hydrogen-bond acceptors (Lipinski definition) is 15. The lowest BCUT2D eigenvalue weighted by molar-refractivity contribution is -0.161. The molecule has 0 aliphatic carbocycles. The average molecular weight is 968 g/mol. The summed E-state index contributed by atoms with van der Waals surface area (Å²) in [5, 5.41) is 20.9. The van der Waals surface area contributed by atoms with Gasteiger partial charge in [0.25, 0.3) is 0 Å². The Morgan fingerprint density at radius 1 is 0.692 bits per heavy atom. The van der Waals surface area contributed by atoms with E-state index in [1.54, 1.807) is 0 Å². The Morgan fingerprint density at radius 2 is 1.14 bits per heavy atom. The Kier molecular flexibility index (Phi) is 30.2. The van der Waals surface area contributed by atoms with Crippen LogP contribution in [0.3, 0.4) is 0 Å². The number of nitrogens with two attached hydrogens (primary N) is 1. The first-order chi connectivity index (χ1) is 30.9. The van der Waals surface area contributed by atoms with Crippen molar-refractivity contribution < 1.29 is 66.3 Å². The SMILES string of the molecule is CC(C)CCCCCCCCCCCCCC(=O)OC[C@H](COP(=O)(O)OP(=O)(O)OC[C@H]1O[C@@H](n2ccc(N)nc2=O)C(O)[C@H]1O)OC(=O)CCCCCCCCCCCCC(C)C. The van der Waals surface area contributed by atoms with Crippen molar-refractivity contribution in [3.8, 4) is 0 Å². The summed E-state index contributed by atoms with van der Waals surface area (Å²) in [5.74, 6) is 0.234. The molecule has 7 atom stereocenters. The number of carbonyl (C=O) groups is 2. The molecule has 0 radical (unpaired) electrons. The second-order valence-corrected chi connectivity index (χ2v) is 21.3. The molecule has 0 spiro atoms. The molecule has 1 aromatic rings. The fraction of sp³-hybridized carbons (Fsp3) is 0.867. The van der Waals surface area contributed by atoms with E-state index in [-0.39, 0.29) is 18.7 Å². The average Bonchev–Trinajstić information content (AvgIpc) is 3.51. The molecule has 0 amide bonds. The molecular formula is C45H83N3O15P2. The molecular weight excluding hydrogens is 884 g/mol. The van der Waals surface area contributed by atoms with Crippen molar-refractivity contribution in [1.82, 2.24) is 9.55 Å². The Hall–Kier alpha value is -2.24. The Balaban J connectivity index is 1.81. The van der Waals surface area contributed by atoms with Crippen molar-refractivity contribution in [2.45, 2.75) is 219 Å². The third kappa shape index (κ3) is 28.0. The van der Waals surface area contributed by atoms with Crippen LogP contribution in [-0.4, -0.2) is 85.7 Å².